The summed E-state index contributed by atoms with van der Waals surface area (Å²) in [7, 11) is 0. The van der Waals surface area contributed by atoms with Crippen LogP contribution in [0.1, 0.15) is 21.5 Å². The molecule has 3 aromatic rings. The molecule has 116 valence electrons. The molecule has 6 heteroatoms. The molecule has 0 atom stereocenters. The molecule has 0 saturated heterocycles. The first-order chi connectivity index (χ1) is 11.0. The molecular formula is C17H13FN2O3. The van der Waals surface area contributed by atoms with E-state index in [1.54, 1.807) is 18.2 Å². The molecular weight excluding hydrogens is 299 g/mol. The first kappa shape index (κ1) is 14.9. The van der Waals surface area contributed by atoms with E-state index in [9.17, 15) is 9.18 Å². The lowest BCUT2D eigenvalue weighted by atomic mass is 10.1. The minimum atomic E-state index is -1.05. The molecule has 0 unspecified atom stereocenters. The van der Waals surface area contributed by atoms with Crippen molar-refractivity contribution in [2.45, 2.75) is 13.8 Å². The van der Waals surface area contributed by atoms with Gasteiger partial charge in [-0.05, 0) is 49.2 Å². The average Bonchev–Trinajstić information content (AvgIpc) is 3.00. The van der Waals surface area contributed by atoms with Crippen molar-refractivity contribution in [3.8, 4) is 22.8 Å². The lowest BCUT2D eigenvalue weighted by Crippen LogP contribution is -1.96. The molecule has 0 aliphatic carbocycles. The number of benzene rings is 2. The number of nitrogens with zero attached hydrogens (tertiary/aromatic N) is 2. The topological polar surface area (TPSA) is 76.2 Å². The second kappa shape index (κ2) is 5.64. The van der Waals surface area contributed by atoms with E-state index >= 15 is 0 Å². The first-order valence-corrected chi connectivity index (χ1v) is 6.90. The highest BCUT2D eigenvalue weighted by molar-refractivity contribution is 5.89. The number of hydrogen-bond acceptors (Lipinski definition) is 4. The van der Waals surface area contributed by atoms with Gasteiger partial charge in [0.1, 0.15) is 5.82 Å². The molecule has 23 heavy (non-hydrogen) atoms. The van der Waals surface area contributed by atoms with Gasteiger partial charge >= 0.3 is 5.97 Å². The van der Waals surface area contributed by atoms with Crippen molar-refractivity contribution in [1.82, 2.24) is 10.1 Å². The summed E-state index contributed by atoms with van der Waals surface area (Å²) >= 11 is 0. The third kappa shape index (κ3) is 2.83. The molecule has 3 rings (SSSR count). The van der Waals surface area contributed by atoms with Crippen LogP contribution in [-0.4, -0.2) is 21.2 Å². The Kier molecular flexibility index (Phi) is 3.65. The Morgan fingerprint density at radius 1 is 1.17 bits per heavy atom. The Hall–Kier alpha value is -3.02. The van der Waals surface area contributed by atoms with E-state index in [0.29, 0.717) is 5.56 Å². The number of aromatic nitrogens is 2. The fraction of sp³-hybridized carbons (Fsp3) is 0.118. The fourth-order valence-corrected chi connectivity index (χ4v) is 2.19. The predicted octanol–water partition coefficient (Wildman–Crippen LogP) is 3.86. The maximum absolute atomic E-state index is 14.1. The van der Waals surface area contributed by atoms with Crippen LogP contribution < -0.4 is 0 Å². The lowest BCUT2D eigenvalue weighted by Gasteiger charge is -2.03. The monoisotopic (exact) mass is 312 g/mol. The van der Waals surface area contributed by atoms with Crippen molar-refractivity contribution in [3.63, 3.8) is 0 Å². The zero-order valence-electron chi connectivity index (χ0n) is 12.5. The third-order valence-corrected chi connectivity index (χ3v) is 3.61. The van der Waals surface area contributed by atoms with Gasteiger partial charge in [-0.2, -0.15) is 4.98 Å². The molecule has 0 amide bonds. The number of carboxylic acids is 1. The Bertz CT molecular complexity index is 903. The van der Waals surface area contributed by atoms with Gasteiger partial charge in [0.2, 0.25) is 5.82 Å². The second-order valence-corrected chi connectivity index (χ2v) is 5.23. The Balaban J connectivity index is 2.03. The van der Waals surface area contributed by atoms with E-state index in [4.69, 9.17) is 9.63 Å². The number of hydrogen-bond donors (Lipinski definition) is 1. The van der Waals surface area contributed by atoms with Crippen molar-refractivity contribution >= 4 is 5.97 Å². The molecule has 0 fully saturated rings. The van der Waals surface area contributed by atoms with E-state index < -0.39 is 11.8 Å². The van der Waals surface area contributed by atoms with Crippen LogP contribution in [0.3, 0.4) is 0 Å². The molecule has 0 saturated carbocycles. The molecule has 2 aromatic carbocycles. The van der Waals surface area contributed by atoms with E-state index in [2.05, 4.69) is 10.1 Å². The van der Waals surface area contributed by atoms with Gasteiger partial charge < -0.3 is 9.63 Å². The van der Waals surface area contributed by atoms with Gasteiger partial charge in [0.15, 0.2) is 0 Å². The Morgan fingerprint density at radius 2 is 1.91 bits per heavy atom. The molecule has 0 aliphatic heterocycles. The van der Waals surface area contributed by atoms with Gasteiger partial charge in [0.25, 0.3) is 5.89 Å². The van der Waals surface area contributed by atoms with Crippen LogP contribution in [0.15, 0.2) is 40.9 Å². The van der Waals surface area contributed by atoms with Gasteiger partial charge in [0, 0.05) is 5.56 Å². The SMILES string of the molecule is Cc1cc(F)c(-c2nc(-c3cccc(C(=O)O)c3)no2)cc1C. The number of aromatic carboxylic acids is 1. The molecule has 0 aliphatic rings. The highest BCUT2D eigenvalue weighted by Gasteiger charge is 2.16. The van der Waals surface area contributed by atoms with Crippen LogP contribution in [-0.2, 0) is 0 Å². The fourth-order valence-electron chi connectivity index (χ4n) is 2.19. The summed E-state index contributed by atoms with van der Waals surface area (Å²) in [5, 5.41) is 12.8. The van der Waals surface area contributed by atoms with E-state index in [1.807, 2.05) is 13.8 Å². The number of carbonyl (C=O) groups is 1. The maximum Gasteiger partial charge on any atom is 0.335 e. The molecule has 0 bridgehead atoms. The first-order valence-electron chi connectivity index (χ1n) is 6.90. The number of carboxylic acid groups (broad SMARTS) is 1. The van der Waals surface area contributed by atoms with Crippen molar-refractivity contribution in [2.75, 3.05) is 0 Å². The summed E-state index contributed by atoms with van der Waals surface area (Å²) < 4.78 is 19.2. The van der Waals surface area contributed by atoms with Gasteiger partial charge in [-0.3, -0.25) is 0 Å². The Labute approximate surface area is 131 Å². The molecule has 1 aromatic heterocycles. The van der Waals surface area contributed by atoms with E-state index in [1.165, 1.54) is 18.2 Å². The lowest BCUT2D eigenvalue weighted by molar-refractivity contribution is 0.0697. The number of rotatable bonds is 3. The van der Waals surface area contributed by atoms with Gasteiger partial charge in [-0.1, -0.05) is 17.3 Å². The van der Waals surface area contributed by atoms with E-state index in [0.717, 1.165) is 11.1 Å². The average molecular weight is 312 g/mol. The van der Waals surface area contributed by atoms with E-state index in [-0.39, 0.29) is 22.8 Å². The smallest absolute Gasteiger partial charge is 0.335 e. The quantitative estimate of drug-likeness (QED) is 0.794. The van der Waals surface area contributed by atoms with Crippen molar-refractivity contribution in [2.24, 2.45) is 0 Å². The molecule has 1 N–H and O–H groups in total. The highest BCUT2D eigenvalue weighted by Crippen LogP contribution is 2.27. The summed E-state index contributed by atoms with van der Waals surface area (Å²) in [6.45, 7) is 3.69. The van der Waals surface area contributed by atoms with Crippen LogP contribution in [0.25, 0.3) is 22.8 Å². The normalized spacial score (nSPS) is 10.7. The zero-order valence-corrected chi connectivity index (χ0v) is 12.5. The standard InChI is InChI=1S/C17H13FN2O3/c1-9-6-13(14(18)7-10(9)2)16-19-15(20-23-16)11-4-3-5-12(8-11)17(21)22/h3-8H,1-2H3,(H,21,22). The van der Waals surface area contributed by atoms with Gasteiger partial charge in [0.05, 0.1) is 11.1 Å². The summed E-state index contributed by atoms with van der Waals surface area (Å²) in [6, 6.07) is 9.22. The van der Waals surface area contributed by atoms with Crippen molar-refractivity contribution in [1.29, 1.82) is 0 Å². The minimum absolute atomic E-state index is 0.0568. The molecule has 5 nitrogen and oxygen atoms in total. The maximum atomic E-state index is 14.1. The summed E-state index contributed by atoms with van der Waals surface area (Å²) in [5.41, 5.74) is 2.57. The van der Waals surface area contributed by atoms with Gasteiger partial charge in [-0.15, -0.1) is 0 Å². The van der Waals surface area contributed by atoms with Crippen LogP contribution >= 0.6 is 0 Å². The molecule has 0 radical (unpaired) electrons. The van der Waals surface area contributed by atoms with Gasteiger partial charge in [-0.25, -0.2) is 9.18 Å². The number of halogens is 1. The third-order valence-electron chi connectivity index (χ3n) is 3.61. The van der Waals surface area contributed by atoms with Crippen LogP contribution in [0.4, 0.5) is 4.39 Å². The largest absolute Gasteiger partial charge is 0.478 e. The number of aryl methyl sites for hydroxylation is 2. The molecule has 0 spiro atoms. The molecule has 1 heterocycles. The Morgan fingerprint density at radius 3 is 2.65 bits per heavy atom. The second-order valence-electron chi connectivity index (χ2n) is 5.23. The summed E-state index contributed by atoms with van der Waals surface area (Å²) in [6.07, 6.45) is 0. The summed E-state index contributed by atoms with van der Waals surface area (Å²) in [5.74, 6) is -1.22. The van der Waals surface area contributed by atoms with Crippen LogP contribution in [0, 0.1) is 19.7 Å². The predicted molar refractivity (Wildman–Crippen MR) is 81.6 cm³/mol. The zero-order chi connectivity index (χ0) is 16.6. The van der Waals surface area contributed by atoms with Crippen LogP contribution in [0.2, 0.25) is 0 Å². The highest BCUT2D eigenvalue weighted by atomic mass is 19.1. The van der Waals surface area contributed by atoms with Crippen molar-refractivity contribution in [3.05, 3.63) is 58.9 Å². The van der Waals surface area contributed by atoms with Crippen LogP contribution in [0.5, 0.6) is 0 Å². The van der Waals surface area contributed by atoms with Crippen molar-refractivity contribution < 1.29 is 18.8 Å². The minimum Gasteiger partial charge on any atom is -0.478 e. The summed E-state index contributed by atoms with van der Waals surface area (Å²) in [4.78, 5) is 15.2.